The van der Waals surface area contributed by atoms with Crippen LogP contribution in [0.25, 0.3) is 0 Å². The summed E-state index contributed by atoms with van der Waals surface area (Å²) in [6.07, 6.45) is 5.55. The molecule has 0 amide bonds. The third kappa shape index (κ3) is 6.11. The van der Waals surface area contributed by atoms with Crippen LogP contribution in [0.15, 0.2) is 18.2 Å². The number of nitrogens with one attached hydrogen (secondary N) is 1. The maximum absolute atomic E-state index is 12.2. The number of halogens is 1. The fourth-order valence-corrected chi connectivity index (χ4v) is 2.21. The van der Waals surface area contributed by atoms with Crippen molar-refractivity contribution in [2.45, 2.75) is 25.9 Å². The maximum atomic E-state index is 12.2. The van der Waals surface area contributed by atoms with Gasteiger partial charge < -0.3 is 20.3 Å². The second-order valence-corrected chi connectivity index (χ2v) is 5.55. The zero-order chi connectivity index (χ0) is 17.2. The predicted octanol–water partition coefficient (Wildman–Crippen LogP) is 2.26. The van der Waals surface area contributed by atoms with E-state index in [2.05, 4.69) is 11.2 Å². The first kappa shape index (κ1) is 19.3. The van der Waals surface area contributed by atoms with E-state index in [-0.39, 0.29) is 31.0 Å². The van der Waals surface area contributed by atoms with Crippen LogP contribution in [0.4, 0.5) is 0 Å². The smallest absolute Gasteiger partial charge is 0.313 e. The number of ether oxygens (including phenoxy) is 1. The minimum atomic E-state index is -1.26. The molecular weight excluding hydrogens is 318 g/mol. The second-order valence-electron chi connectivity index (χ2n) is 5.11. The van der Waals surface area contributed by atoms with Crippen molar-refractivity contribution in [1.82, 2.24) is 5.32 Å². The van der Waals surface area contributed by atoms with E-state index in [1.54, 1.807) is 0 Å². The van der Waals surface area contributed by atoms with Gasteiger partial charge in [0, 0.05) is 17.1 Å². The van der Waals surface area contributed by atoms with E-state index in [0.717, 1.165) is 12.8 Å². The monoisotopic (exact) mass is 339 g/mol. The van der Waals surface area contributed by atoms with Gasteiger partial charge in [-0.1, -0.05) is 30.9 Å². The summed E-state index contributed by atoms with van der Waals surface area (Å²) in [5.74, 6) is 0.819. The van der Waals surface area contributed by atoms with Crippen molar-refractivity contribution in [2.75, 3.05) is 19.7 Å². The predicted molar refractivity (Wildman–Crippen MR) is 89.1 cm³/mol. The first-order valence-electron chi connectivity index (χ1n) is 7.48. The van der Waals surface area contributed by atoms with E-state index in [4.69, 9.17) is 22.8 Å². The molecule has 0 aliphatic heterocycles. The largest absolute Gasteiger partial charge is 0.508 e. The Labute approximate surface area is 141 Å². The van der Waals surface area contributed by atoms with Crippen molar-refractivity contribution in [3.05, 3.63) is 28.8 Å². The summed E-state index contributed by atoms with van der Waals surface area (Å²) in [5.41, 5.74) is 0.178. The van der Waals surface area contributed by atoms with Gasteiger partial charge in [0.25, 0.3) is 0 Å². The van der Waals surface area contributed by atoms with Gasteiger partial charge in [0.05, 0.1) is 25.2 Å². The summed E-state index contributed by atoms with van der Waals surface area (Å²) in [4.78, 5) is 12.2. The van der Waals surface area contributed by atoms with Gasteiger partial charge in [0.1, 0.15) is 5.75 Å². The summed E-state index contributed by atoms with van der Waals surface area (Å²) < 4.78 is 5.18. The molecule has 126 valence electrons. The van der Waals surface area contributed by atoms with Crippen LogP contribution in [0, 0.1) is 18.3 Å². The molecule has 0 heterocycles. The lowest BCUT2D eigenvalue weighted by atomic mass is 9.95. The fourth-order valence-electron chi connectivity index (χ4n) is 2.03. The second kappa shape index (κ2) is 10.1. The highest BCUT2D eigenvalue weighted by Gasteiger charge is 2.31. The Kier molecular flexibility index (Phi) is 8.49. The van der Waals surface area contributed by atoms with Crippen molar-refractivity contribution < 1.29 is 19.7 Å². The van der Waals surface area contributed by atoms with Crippen LogP contribution in [0.3, 0.4) is 0 Å². The minimum Gasteiger partial charge on any atom is -0.508 e. The standard InChI is InChI=1S/C17H22ClNO4/c1-3-5-9-23-17(22)14(11-19-8-4-2)16(21)13-10-12(18)6-7-15(13)20/h2,6-7,10,14,16,19-21H,3,5,8-9,11H2,1H3. The molecule has 0 bridgehead atoms. The van der Waals surface area contributed by atoms with E-state index in [1.807, 2.05) is 6.92 Å². The number of aromatic hydroxyl groups is 1. The van der Waals surface area contributed by atoms with Gasteiger partial charge in [-0.05, 0) is 24.6 Å². The average Bonchev–Trinajstić information content (AvgIpc) is 2.53. The van der Waals surface area contributed by atoms with E-state index < -0.39 is 18.0 Å². The molecule has 2 atom stereocenters. The van der Waals surface area contributed by atoms with Crippen LogP contribution in [0.2, 0.25) is 5.02 Å². The molecule has 0 saturated heterocycles. The number of benzene rings is 1. The highest BCUT2D eigenvalue weighted by molar-refractivity contribution is 6.30. The molecule has 2 unspecified atom stereocenters. The number of terminal acetylenes is 1. The Balaban J connectivity index is 2.90. The van der Waals surface area contributed by atoms with Crippen molar-refractivity contribution in [1.29, 1.82) is 0 Å². The summed E-state index contributed by atoms with van der Waals surface area (Å²) in [5, 5.41) is 23.6. The molecule has 0 spiro atoms. The molecule has 0 saturated carbocycles. The Morgan fingerprint density at radius 3 is 2.91 bits per heavy atom. The SMILES string of the molecule is C#CCNCC(C(=O)OCCCC)C(O)c1cc(Cl)ccc1O. The molecule has 0 radical (unpaired) electrons. The zero-order valence-corrected chi connectivity index (χ0v) is 13.8. The van der Waals surface area contributed by atoms with Crippen molar-refractivity contribution >= 4 is 17.6 Å². The number of aliphatic hydroxyl groups is 1. The molecule has 1 rings (SSSR count). The van der Waals surface area contributed by atoms with Gasteiger partial charge in [-0.3, -0.25) is 4.79 Å². The Bertz CT molecular complexity index is 556. The molecule has 0 aromatic heterocycles. The fraction of sp³-hybridized carbons (Fsp3) is 0.471. The topological polar surface area (TPSA) is 78.8 Å². The van der Waals surface area contributed by atoms with E-state index in [9.17, 15) is 15.0 Å². The number of carbonyl (C=O) groups is 1. The molecule has 0 fully saturated rings. The lowest BCUT2D eigenvalue weighted by Gasteiger charge is -2.23. The number of aliphatic hydroxyl groups excluding tert-OH is 1. The Hall–Kier alpha value is -1.74. The van der Waals surface area contributed by atoms with Gasteiger partial charge in [0.2, 0.25) is 0 Å². The van der Waals surface area contributed by atoms with Crippen molar-refractivity contribution in [3.63, 3.8) is 0 Å². The van der Waals surface area contributed by atoms with Crippen LogP contribution in [-0.2, 0) is 9.53 Å². The third-order valence-corrected chi connectivity index (χ3v) is 3.56. The van der Waals surface area contributed by atoms with Gasteiger partial charge in [-0.15, -0.1) is 6.42 Å². The maximum Gasteiger partial charge on any atom is 0.313 e. The number of rotatable bonds is 9. The number of hydrogen-bond donors (Lipinski definition) is 3. The summed E-state index contributed by atoms with van der Waals surface area (Å²) in [6, 6.07) is 4.29. The lowest BCUT2D eigenvalue weighted by Crippen LogP contribution is -2.34. The van der Waals surface area contributed by atoms with Gasteiger partial charge >= 0.3 is 5.97 Å². The molecule has 6 heteroatoms. The molecule has 23 heavy (non-hydrogen) atoms. The minimum absolute atomic E-state index is 0.127. The normalized spacial score (nSPS) is 13.1. The summed E-state index contributed by atoms with van der Waals surface area (Å²) in [7, 11) is 0. The zero-order valence-electron chi connectivity index (χ0n) is 13.1. The molecule has 1 aromatic carbocycles. The molecule has 0 aliphatic carbocycles. The van der Waals surface area contributed by atoms with E-state index in [0.29, 0.717) is 5.02 Å². The lowest BCUT2D eigenvalue weighted by molar-refractivity contribution is -0.152. The molecular formula is C17H22ClNO4. The molecule has 5 nitrogen and oxygen atoms in total. The van der Waals surface area contributed by atoms with E-state index >= 15 is 0 Å². The number of phenolic OH excluding ortho intramolecular Hbond substituents is 1. The average molecular weight is 340 g/mol. The number of hydrogen-bond acceptors (Lipinski definition) is 5. The first-order chi connectivity index (χ1) is 11.0. The molecule has 1 aromatic rings. The van der Waals surface area contributed by atoms with Crippen LogP contribution >= 0.6 is 11.6 Å². The number of carbonyl (C=O) groups excluding carboxylic acids is 1. The van der Waals surface area contributed by atoms with Crippen LogP contribution < -0.4 is 5.32 Å². The Morgan fingerprint density at radius 1 is 1.52 bits per heavy atom. The van der Waals surface area contributed by atoms with Crippen LogP contribution in [0.1, 0.15) is 31.4 Å². The molecule has 3 N–H and O–H groups in total. The van der Waals surface area contributed by atoms with E-state index in [1.165, 1.54) is 18.2 Å². The van der Waals surface area contributed by atoms with Crippen molar-refractivity contribution in [2.24, 2.45) is 5.92 Å². The van der Waals surface area contributed by atoms with Crippen LogP contribution in [-0.4, -0.2) is 35.9 Å². The number of unbranched alkanes of at least 4 members (excludes halogenated alkanes) is 1. The van der Waals surface area contributed by atoms with Gasteiger partial charge in [-0.2, -0.15) is 0 Å². The van der Waals surface area contributed by atoms with Gasteiger partial charge in [0.15, 0.2) is 0 Å². The van der Waals surface area contributed by atoms with Gasteiger partial charge in [-0.25, -0.2) is 0 Å². The Morgan fingerprint density at radius 2 is 2.26 bits per heavy atom. The third-order valence-electron chi connectivity index (χ3n) is 3.33. The van der Waals surface area contributed by atoms with Crippen molar-refractivity contribution in [3.8, 4) is 18.1 Å². The first-order valence-corrected chi connectivity index (χ1v) is 7.86. The summed E-state index contributed by atoms with van der Waals surface area (Å²) in [6.45, 7) is 2.66. The molecule has 0 aliphatic rings. The highest BCUT2D eigenvalue weighted by Crippen LogP contribution is 2.32. The summed E-state index contributed by atoms with van der Waals surface area (Å²) >= 11 is 5.89. The highest BCUT2D eigenvalue weighted by atomic mass is 35.5. The number of phenols is 1. The van der Waals surface area contributed by atoms with Crippen LogP contribution in [0.5, 0.6) is 5.75 Å². The number of esters is 1. The quantitative estimate of drug-likeness (QED) is 0.365.